The number of hydrogen-bond acceptors (Lipinski definition) is 3. The Kier molecular flexibility index (Phi) is 5.97. The summed E-state index contributed by atoms with van der Waals surface area (Å²) in [4.78, 5) is 15.8. The largest absolute Gasteiger partial charge is 0.493 e. The molecule has 2 rings (SSSR count). The predicted octanol–water partition coefficient (Wildman–Crippen LogP) is 3.60. The van der Waals surface area contributed by atoms with Crippen LogP contribution in [0.3, 0.4) is 0 Å². The SMILES string of the molecule is Cc1ccnc(NC(=O)NCCCOc2c(C)cccc2C)c1. The summed E-state index contributed by atoms with van der Waals surface area (Å²) < 4.78 is 5.80. The van der Waals surface area contributed by atoms with Crippen molar-refractivity contribution in [2.45, 2.75) is 27.2 Å². The monoisotopic (exact) mass is 313 g/mol. The molecule has 1 aromatic heterocycles. The summed E-state index contributed by atoms with van der Waals surface area (Å²) in [5.41, 5.74) is 3.31. The highest BCUT2D eigenvalue weighted by Gasteiger charge is 2.04. The average Bonchev–Trinajstić information content (AvgIpc) is 2.49. The van der Waals surface area contributed by atoms with E-state index in [-0.39, 0.29) is 6.03 Å². The highest BCUT2D eigenvalue weighted by molar-refractivity contribution is 5.88. The van der Waals surface area contributed by atoms with E-state index < -0.39 is 0 Å². The molecule has 0 unspecified atom stereocenters. The van der Waals surface area contributed by atoms with E-state index in [1.807, 2.05) is 51.1 Å². The summed E-state index contributed by atoms with van der Waals surface area (Å²) in [6.07, 6.45) is 2.41. The number of benzene rings is 1. The Morgan fingerprint density at radius 3 is 2.61 bits per heavy atom. The van der Waals surface area contributed by atoms with Crippen LogP contribution in [0, 0.1) is 20.8 Å². The summed E-state index contributed by atoms with van der Waals surface area (Å²) >= 11 is 0. The Hall–Kier alpha value is -2.56. The van der Waals surface area contributed by atoms with Gasteiger partial charge in [0, 0.05) is 12.7 Å². The van der Waals surface area contributed by atoms with Crippen molar-refractivity contribution in [2.24, 2.45) is 0 Å². The zero-order valence-corrected chi connectivity index (χ0v) is 13.8. The van der Waals surface area contributed by atoms with Crippen LogP contribution >= 0.6 is 0 Å². The van der Waals surface area contributed by atoms with Crippen LogP contribution in [0.25, 0.3) is 0 Å². The van der Waals surface area contributed by atoms with Crippen molar-refractivity contribution in [3.05, 3.63) is 53.2 Å². The minimum atomic E-state index is -0.254. The van der Waals surface area contributed by atoms with Crippen LogP contribution in [0.1, 0.15) is 23.1 Å². The van der Waals surface area contributed by atoms with Crippen molar-refractivity contribution in [3.63, 3.8) is 0 Å². The molecule has 0 saturated carbocycles. The molecule has 0 bridgehead atoms. The third-order valence-electron chi connectivity index (χ3n) is 3.42. The second-order valence-electron chi connectivity index (χ2n) is 5.52. The molecule has 122 valence electrons. The van der Waals surface area contributed by atoms with Gasteiger partial charge in [-0.3, -0.25) is 5.32 Å². The average molecular weight is 313 g/mol. The molecular formula is C18H23N3O2. The quantitative estimate of drug-likeness (QED) is 0.801. The first-order valence-electron chi connectivity index (χ1n) is 7.73. The summed E-state index contributed by atoms with van der Waals surface area (Å²) in [6, 6.07) is 9.53. The zero-order chi connectivity index (χ0) is 16.7. The van der Waals surface area contributed by atoms with Crippen molar-refractivity contribution < 1.29 is 9.53 Å². The van der Waals surface area contributed by atoms with Gasteiger partial charge in [0.05, 0.1) is 6.61 Å². The number of ether oxygens (including phenoxy) is 1. The fraction of sp³-hybridized carbons (Fsp3) is 0.333. The van der Waals surface area contributed by atoms with E-state index in [9.17, 15) is 4.79 Å². The van der Waals surface area contributed by atoms with Crippen molar-refractivity contribution >= 4 is 11.8 Å². The molecule has 0 spiro atoms. The molecule has 0 aliphatic heterocycles. The third kappa shape index (κ3) is 5.29. The van der Waals surface area contributed by atoms with Gasteiger partial charge in [-0.1, -0.05) is 18.2 Å². The Balaban J connectivity index is 1.68. The Labute approximate surface area is 137 Å². The number of rotatable bonds is 6. The van der Waals surface area contributed by atoms with Gasteiger partial charge in [-0.2, -0.15) is 0 Å². The van der Waals surface area contributed by atoms with E-state index in [0.717, 1.165) is 28.9 Å². The highest BCUT2D eigenvalue weighted by Crippen LogP contribution is 2.22. The van der Waals surface area contributed by atoms with Gasteiger partial charge in [0.25, 0.3) is 0 Å². The Morgan fingerprint density at radius 1 is 1.17 bits per heavy atom. The molecular weight excluding hydrogens is 290 g/mol. The lowest BCUT2D eigenvalue weighted by molar-refractivity contribution is 0.250. The summed E-state index contributed by atoms with van der Waals surface area (Å²) in [5, 5.41) is 5.50. The number of amides is 2. The number of anilines is 1. The van der Waals surface area contributed by atoms with Crippen LogP contribution in [0.5, 0.6) is 5.75 Å². The lowest BCUT2D eigenvalue weighted by Crippen LogP contribution is -2.30. The molecule has 2 amide bonds. The summed E-state index contributed by atoms with van der Waals surface area (Å²) in [7, 11) is 0. The van der Waals surface area contributed by atoms with Gasteiger partial charge >= 0.3 is 6.03 Å². The van der Waals surface area contributed by atoms with Gasteiger partial charge in [-0.05, 0) is 56.0 Å². The molecule has 0 fully saturated rings. The van der Waals surface area contributed by atoms with Crippen molar-refractivity contribution in [3.8, 4) is 5.75 Å². The summed E-state index contributed by atoms with van der Waals surface area (Å²) in [6.45, 7) is 7.12. The number of pyridine rings is 1. The molecule has 1 heterocycles. The molecule has 0 atom stereocenters. The highest BCUT2D eigenvalue weighted by atomic mass is 16.5. The van der Waals surface area contributed by atoms with E-state index in [4.69, 9.17) is 4.74 Å². The topological polar surface area (TPSA) is 63.2 Å². The Bertz CT molecular complexity index is 651. The van der Waals surface area contributed by atoms with Gasteiger partial charge < -0.3 is 10.1 Å². The smallest absolute Gasteiger partial charge is 0.320 e. The minimum absolute atomic E-state index is 0.254. The number of para-hydroxylation sites is 1. The zero-order valence-electron chi connectivity index (χ0n) is 13.8. The van der Waals surface area contributed by atoms with Gasteiger partial charge in [0.1, 0.15) is 11.6 Å². The van der Waals surface area contributed by atoms with Gasteiger partial charge in [0.15, 0.2) is 0 Å². The number of nitrogens with zero attached hydrogens (tertiary/aromatic N) is 1. The van der Waals surface area contributed by atoms with Gasteiger partial charge in [-0.15, -0.1) is 0 Å². The van der Waals surface area contributed by atoms with E-state index in [2.05, 4.69) is 15.6 Å². The fourth-order valence-electron chi connectivity index (χ4n) is 2.24. The number of aromatic nitrogens is 1. The van der Waals surface area contributed by atoms with Gasteiger partial charge in [-0.25, -0.2) is 9.78 Å². The van der Waals surface area contributed by atoms with E-state index >= 15 is 0 Å². The van der Waals surface area contributed by atoms with E-state index in [0.29, 0.717) is 19.0 Å². The normalized spacial score (nSPS) is 10.2. The molecule has 2 N–H and O–H groups in total. The third-order valence-corrected chi connectivity index (χ3v) is 3.42. The molecule has 0 radical (unpaired) electrons. The number of aryl methyl sites for hydroxylation is 3. The second kappa shape index (κ2) is 8.17. The van der Waals surface area contributed by atoms with Crippen LogP contribution < -0.4 is 15.4 Å². The first-order chi connectivity index (χ1) is 11.1. The maximum atomic E-state index is 11.8. The number of carbonyl (C=O) groups is 1. The molecule has 0 aliphatic carbocycles. The Morgan fingerprint density at radius 2 is 1.91 bits per heavy atom. The molecule has 2 aromatic rings. The standard InChI is InChI=1S/C18H23N3O2/c1-13-8-10-19-16(12-13)21-18(22)20-9-5-11-23-17-14(2)6-4-7-15(17)3/h4,6-8,10,12H,5,9,11H2,1-3H3,(H2,19,20,21,22). The van der Waals surface area contributed by atoms with Crippen molar-refractivity contribution in [2.75, 3.05) is 18.5 Å². The molecule has 0 aliphatic rings. The first kappa shape index (κ1) is 16.8. The maximum Gasteiger partial charge on any atom is 0.320 e. The van der Waals surface area contributed by atoms with Crippen LogP contribution in [-0.4, -0.2) is 24.2 Å². The molecule has 0 saturated heterocycles. The maximum absolute atomic E-state index is 11.8. The van der Waals surface area contributed by atoms with Gasteiger partial charge in [0.2, 0.25) is 0 Å². The van der Waals surface area contributed by atoms with Crippen molar-refractivity contribution in [1.82, 2.24) is 10.3 Å². The molecule has 5 nitrogen and oxygen atoms in total. The van der Waals surface area contributed by atoms with Crippen LogP contribution in [0.2, 0.25) is 0 Å². The van der Waals surface area contributed by atoms with E-state index in [1.165, 1.54) is 0 Å². The predicted molar refractivity (Wildman–Crippen MR) is 92.0 cm³/mol. The number of urea groups is 1. The first-order valence-corrected chi connectivity index (χ1v) is 7.73. The lowest BCUT2D eigenvalue weighted by atomic mass is 10.1. The fourth-order valence-corrected chi connectivity index (χ4v) is 2.24. The number of nitrogens with one attached hydrogen (secondary N) is 2. The number of hydrogen-bond donors (Lipinski definition) is 2. The summed E-state index contributed by atoms with van der Waals surface area (Å²) in [5.74, 6) is 1.48. The van der Waals surface area contributed by atoms with Crippen LogP contribution in [-0.2, 0) is 0 Å². The molecule has 23 heavy (non-hydrogen) atoms. The minimum Gasteiger partial charge on any atom is -0.493 e. The molecule has 1 aromatic carbocycles. The lowest BCUT2D eigenvalue weighted by Gasteiger charge is -2.12. The van der Waals surface area contributed by atoms with Crippen LogP contribution in [0.15, 0.2) is 36.5 Å². The van der Waals surface area contributed by atoms with Crippen LogP contribution in [0.4, 0.5) is 10.6 Å². The molecule has 5 heteroatoms. The van der Waals surface area contributed by atoms with E-state index in [1.54, 1.807) is 6.20 Å². The second-order valence-corrected chi connectivity index (χ2v) is 5.52. The van der Waals surface area contributed by atoms with Crippen molar-refractivity contribution in [1.29, 1.82) is 0 Å². The number of carbonyl (C=O) groups excluding carboxylic acids is 1.